The van der Waals surface area contributed by atoms with Crippen LogP contribution in [0.4, 0.5) is 4.39 Å². The third-order valence-corrected chi connectivity index (χ3v) is 7.25. The number of aryl methyl sites for hydroxylation is 1. The Kier molecular flexibility index (Phi) is 6.24. The first-order chi connectivity index (χ1) is 13.2. The first-order valence-corrected chi connectivity index (χ1v) is 11.5. The Balaban J connectivity index is 1.87. The van der Waals surface area contributed by atoms with Gasteiger partial charge in [-0.05, 0) is 43.3 Å². The molecule has 3 aromatic rings. The lowest BCUT2D eigenvalue weighted by Crippen LogP contribution is -2.17. The van der Waals surface area contributed by atoms with Gasteiger partial charge in [0, 0.05) is 18.0 Å². The summed E-state index contributed by atoms with van der Waals surface area (Å²) in [5.41, 5.74) is 0.726. The third-order valence-electron chi connectivity index (χ3n) is 3.99. The summed E-state index contributed by atoms with van der Waals surface area (Å²) in [6.45, 7) is 2.42. The molecule has 0 fully saturated rings. The third kappa shape index (κ3) is 4.46. The monoisotopic (exact) mass is 460 g/mol. The van der Waals surface area contributed by atoms with Gasteiger partial charge in [0.2, 0.25) is 5.91 Å². The fourth-order valence-electron chi connectivity index (χ4n) is 2.65. The summed E-state index contributed by atoms with van der Waals surface area (Å²) in [6, 6.07) is 7.84. The van der Waals surface area contributed by atoms with E-state index in [1.165, 1.54) is 23.5 Å². The van der Waals surface area contributed by atoms with E-state index in [-0.39, 0.29) is 11.3 Å². The number of hydrogen-bond acceptors (Lipinski definition) is 4. The maximum atomic E-state index is 13.0. The van der Waals surface area contributed by atoms with Crippen molar-refractivity contribution < 1.29 is 17.6 Å². The minimum absolute atomic E-state index is 0.0337. The van der Waals surface area contributed by atoms with Gasteiger partial charge in [-0.1, -0.05) is 34.5 Å². The van der Waals surface area contributed by atoms with E-state index >= 15 is 0 Å². The zero-order chi connectivity index (χ0) is 20.5. The number of hydrogen-bond donors (Lipinski definition) is 0. The van der Waals surface area contributed by atoms with Crippen LogP contribution in [0.1, 0.15) is 13.3 Å². The molecule has 3 rings (SSSR count). The van der Waals surface area contributed by atoms with Gasteiger partial charge in [0.25, 0.3) is 0 Å². The maximum absolute atomic E-state index is 13.0. The van der Waals surface area contributed by atoms with E-state index in [2.05, 4.69) is 4.99 Å². The predicted molar refractivity (Wildman–Crippen MR) is 109 cm³/mol. The van der Waals surface area contributed by atoms with Crippen LogP contribution in [0.25, 0.3) is 10.2 Å². The SMILES string of the molecule is CCn1c(=NC(=O)CCS(=O)(=O)c2ccc(F)cc2)sc2cc(Cl)cc(Cl)c21. The molecule has 2 aromatic carbocycles. The molecule has 0 radical (unpaired) electrons. The summed E-state index contributed by atoms with van der Waals surface area (Å²) in [4.78, 5) is 16.7. The highest BCUT2D eigenvalue weighted by molar-refractivity contribution is 7.91. The number of halogens is 3. The molecule has 1 amide bonds. The Bertz CT molecular complexity index is 1220. The molecule has 0 N–H and O–H groups in total. The lowest BCUT2D eigenvalue weighted by atomic mass is 10.3. The van der Waals surface area contributed by atoms with Crippen LogP contribution in [-0.4, -0.2) is 24.6 Å². The first kappa shape index (κ1) is 21.0. The number of carbonyl (C=O) groups is 1. The normalized spacial score (nSPS) is 12.6. The number of nitrogens with zero attached hydrogens (tertiary/aromatic N) is 2. The summed E-state index contributed by atoms with van der Waals surface area (Å²) >= 11 is 13.5. The molecule has 0 aliphatic carbocycles. The number of amides is 1. The van der Waals surface area contributed by atoms with Crippen LogP contribution in [0.15, 0.2) is 46.3 Å². The standard InChI is InChI=1S/C18H15Cl2FN2O3S2/c1-2-23-17-14(20)9-11(19)10-15(17)27-18(23)22-16(24)7-8-28(25,26)13-5-3-12(21)4-6-13/h3-6,9-10H,2,7-8H2,1H3. The number of carbonyl (C=O) groups excluding carboxylic acids is 1. The topological polar surface area (TPSA) is 68.5 Å². The van der Waals surface area contributed by atoms with Gasteiger partial charge < -0.3 is 4.57 Å². The minimum atomic E-state index is -3.71. The van der Waals surface area contributed by atoms with Gasteiger partial charge in [-0.25, -0.2) is 12.8 Å². The number of fused-ring (bicyclic) bond motifs is 1. The lowest BCUT2D eigenvalue weighted by molar-refractivity contribution is -0.117. The molecule has 0 unspecified atom stereocenters. The Morgan fingerprint density at radius 2 is 1.89 bits per heavy atom. The number of sulfone groups is 1. The van der Waals surface area contributed by atoms with Crippen LogP contribution in [0.3, 0.4) is 0 Å². The maximum Gasteiger partial charge on any atom is 0.249 e. The Morgan fingerprint density at radius 3 is 2.54 bits per heavy atom. The molecular weight excluding hydrogens is 446 g/mol. The van der Waals surface area contributed by atoms with Crippen molar-refractivity contribution in [2.45, 2.75) is 24.8 Å². The van der Waals surface area contributed by atoms with Crippen molar-refractivity contribution >= 4 is 60.5 Å². The second-order valence-corrected chi connectivity index (χ2v) is 9.85. The van der Waals surface area contributed by atoms with Crippen LogP contribution < -0.4 is 4.80 Å². The lowest BCUT2D eigenvalue weighted by Gasteiger charge is -2.03. The molecule has 5 nitrogen and oxygen atoms in total. The smallest absolute Gasteiger partial charge is 0.249 e. The van der Waals surface area contributed by atoms with Crippen LogP contribution in [0, 0.1) is 5.82 Å². The largest absolute Gasteiger partial charge is 0.315 e. The fourth-order valence-corrected chi connectivity index (χ4v) is 5.78. The predicted octanol–water partition coefficient (Wildman–Crippen LogP) is 4.46. The van der Waals surface area contributed by atoms with E-state index in [9.17, 15) is 17.6 Å². The van der Waals surface area contributed by atoms with Crippen LogP contribution in [0.5, 0.6) is 0 Å². The van der Waals surface area contributed by atoms with Crippen molar-refractivity contribution in [3.8, 4) is 0 Å². The summed E-state index contributed by atoms with van der Waals surface area (Å²) in [7, 11) is -3.71. The van der Waals surface area contributed by atoms with Crippen molar-refractivity contribution in [1.29, 1.82) is 0 Å². The molecule has 28 heavy (non-hydrogen) atoms. The molecule has 10 heteroatoms. The second-order valence-electron chi connectivity index (χ2n) is 5.89. The molecule has 0 saturated heterocycles. The van der Waals surface area contributed by atoms with E-state index in [1.54, 1.807) is 16.7 Å². The van der Waals surface area contributed by atoms with E-state index in [4.69, 9.17) is 23.2 Å². The highest BCUT2D eigenvalue weighted by Gasteiger charge is 2.17. The molecular formula is C18H15Cl2FN2O3S2. The van der Waals surface area contributed by atoms with Gasteiger partial charge in [-0.3, -0.25) is 4.79 Å². The molecule has 0 bridgehead atoms. The molecule has 0 saturated carbocycles. The molecule has 1 aromatic heterocycles. The molecule has 148 valence electrons. The van der Waals surface area contributed by atoms with E-state index in [1.807, 2.05) is 6.92 Å². The van der Waals surface area contributed by atoms with Crippen LogP contribution in [0.2, 0.25) is 10.0 Å². The van der Waals surface area contributed by atoms with Gasteiger partial charge in [0.05, 0.1) is 25.9 Å². The van der Waals surface area contributed by atoms with Gasteiger partial charge in [0.1, 0.15) is 5.82 Å². The van der Waals surface area contributed by atoms with Crippen molar-refractivity contribution in [3.63, 3.8) is 0 Å². The first-order valence-electron chi connectivity index (χ1n) is 8.25. The number of benzene rings is 2. The zero-order valence-corrected chi connectivity index (χ0v) is 17.8. The van der Waals surface area contributed by atoms with Crippen molar-refractivity contribution in [1.82, 2.24) is 4.57 Å². The van der Waals surface area contributed by atoms with Crippen molar-refractivity contribution in [2.24, 2.45) is 4.99 Å². The minimum Gasteiger partial charge on any atom is -0.315 e. The van der Waals surface area contributed by atoms with Crippen molar-refractivity contribution in [2.75, 3.05) is 5.75 Å². The average Bonchev–Trinajstić information content (AvgIpc) is 2.97. The Labute approximate surface area is 175 Å². The molecule has 0 aliphatic heterocycles. The van der Waals surface area contributed by atoms with E-state index < -0.39 is 27.3 Å². The highest BCUT2D eigenvalue weighted by Crippen LogP contribution is 2.29. The van der Waals surface area contributed by atoms with Gasteiger partial charge >= 0.3 is 0 Å². The summed E-state index contributed by atoms with van der Waals surface area (Å²) < 4.78 is 40.1. The molecule has 0 aliphatic rings. The highest BCUT2D eigenvalue weighted by atomic mass is 35.5. The van der Waals surface area contributed by atoms with Crippen molar-refractivity contribution in [3.05, 3.63) is 57.1 Å². The Hall–Kier alpha value is -1.74. The van der Waals surface area contributed by atoms with E-state index in [0.717, 1.165) is 22.3 Å². The van der Waals surface area contributed by atoms with Gasteiger partial charge in [-0.15, -0.1) is 0 Å². The molecule has 0 spiro atoms. The van der Waals surface area contributed by atoms with Gasteiger partial charge in [-0.2, -0.15) is 4.99 Å². The quantitative estimate of drug-likeness (QED) is 0.527. The summed E-state index contributed by atoms with van der Waals surface area (Å²) in [5.74, 6) is -1.51. The average molecular weight is 461 g/mol. The number of thiazole rings is 1. The Morgan fingerprint density at radius 1 is 1.21 bits per heavy atom. The van der Waals surface area contributed by atoms with Crippen LogP contribution in [-0.2, 0) is 21.2 Å². The number of rotatable bonds is 5. The summed E-state index contributed by atoms with van der Waals surface area (Å²) in [5, 5.41) is 0.929. The summed E-state index contributed by atoms with van der Waals surface area (Å²) in [6.07, 6.45) is -0.286. The second kappa shape index (κ2) is 8.32. The van der Waals surface area contributed by atoms with E-state index in [0.29, 0.717) is 21.4 Å². The molecule has 1 heterocycles. The zero-order valence-electron chi connectivity index (χ0n) is 14.7. The van der Waals surface area contributed by atoms with Crippen LogP contribution >= 0.6 is 34.5 Å². The fraction of sp³-hybridized carbons (Fsp3) is 0.222. The number of aromatic nitrogens is 1. The van der Waals surface area contributed by atoms with Gasteiger partial charge in [0.15, 0.2) is 14.6 Å². The molecule has 0 atom stereocenters.